The lowest BCUT2D eigenvalue weighted by Gasteiger charge is -2.47. The third-order valence-electron chi connectivity index (χ3n) is 5.40. The van der Waals surface area contributed by atoms with Crippen molar-refractivity contribution >= 4 is 11.6 Å². The van der Waals surface area contributed by atoms with Gasteiger partial charge >= 0.3 is 0 Å². The van der Waals surface area contributed by atoms with Gasteiger partial charge in [0.2, 0.25) is 5.91 Å². The lowest BCUT2D eigenvalue weighted by Crippen LogP contribution is -2.57. The summed E-state index contributed by atoms with van der Waals surface area (Å²) in [5, 5.41) is 14.6. The molecule has 2 saturated heterocycles. The lowest BCUT2D eigenvalue weighted by molar-refractivity contribution is -0.117. The monoisotopic (exact) mass is 304 g/mol. The number of carbonyl (C=O) groups excluding carboxylic acids is 1. The molecule has 1 N–H and O–H groups in total. The predicted octanol–water partition coefficient (Wildman–Crippen LogP) is 1.17. The molecule has 2 unspecified atom stereocenters. The Morgan fingerprint density at radius 3 is 2.73 bits per heavy atom. The summed E-state index contributed by atoms with van der Waals surface area (Å²) >= 11 is 0. The van der Waals surface area contributed by atoms with Crippen molar-refractivity contribution in [1.29, 1.82) is 0 Å². The summed E-state index contributed by atoms with van der Waals surface area (Å²) in [5.41, 5.74) is 0.929. The van der Waals surface area contributed by atoms with Crippen molar-refractivity contribution in [2.45, 2.75) is 56.7 Å². The molecule has 0 radical (unpaired) electrons. The van der Waals surface area contributed by atoms with Crippen LogP contribution in [0.15, 0.2) is 12.4 Å². The fourth-order valence-corrected chi connectivity index (χ4v) is 4.03. The largest absolute Gasteiger partial charge is 0.391 e. The first-order chi connectivity index (χ1) is 10.7. The number of likely N-dealkylation sites (tertiary alicyclic amines) is 1. The summed E-state index contributed by atoms with van der Waals surface area (Å²) in [6, 6.07) is 0.709. The maximum atomic E-state index is 11.8. The van der Waals surface area contributed by atoms with E-state index in [-0.39, 0.29) is 12.0 Å². The molecule has 3 heterocycles. The van der Waals surface area contributed by atoms with Crippen LogP contribution in [0.4, 0.5) is 5.69 Å². The second kappa shape index (κ2) is 5.66. The number of rotatable bonds is 3. The van der Waals surface area contributed by atoms with Crippen LogP contribution >= 0.6 is 0 Å². The van der Waals surface area contributed by atoms with Gasteiger partial charge in [-0.3, -0.25) is 14.4 Å². The second-order valence-corrected chi connectivity index (χ2v) is 6.85. The molecule has 1 aromatic rings. The smallest absolute Gasteiger partial charge is 0.227 e. The van der Waals surface area contributed by atoms with Gasteiger partial charge in [-0.2, -0.15) is 5.10 Å². The van der Waals surface area contributed by atoms with Gasteiger partial charge < -0.3 is 10.0 Å². The predicted molar refractivity (Wildman–Crippen MR) is 82.7 cm³/mol. The molecule has 1 saturated carbocycles. The third-order valence-corrected chi connectivity index (χ3v) is 5.40. The van der Waals surface area contributed by atoms with Gasteiger partial charge in [0, 0.05) is 38.3 Å². The van der Waals surface area contributed by atoms with Gasteiger partial charge in [-0.05, 0) is 19.3 Å². The Morgan fingerprint density at radius 2 is 2.00 bits per heavy atom. The highest BCUT2D eigenvalue weighted by molar-refractivity contribution is 5.95. The molecule has 120 valence electrons. The van der Waals surface area contributed by atoms with Crippen LogP contribution in [0.5, 0.6) is 0 Å². The maximum Gasteiger partial charge on any atom is 0.227 e. The van der Waals surface area contributed by atoms with E-state index in [1.165, 1.54) is 6.42 Å². The molecule has 3 aliphatic rings. The molecule has 4 rings (SSSR count). The highest BCUT2D eigenvalue weighted by Gasteiger charge is 2.38. The highest BCUT2D eigenvalue weighted by atomic mass is 16.3. The van der Waals surface area contributed by atoms with Crippen molar-refractivity contribution in [3.63, 3.8) is 0 Å². The van der Waals surface area contributed by atoms with Gasteiger partial charge in [-0.15, -0.1) is 0 Å². The van der Waals surface area contributed by atoms with E-state index in [0.717, 1.165) is 51.0 Å². The zero-order valence-corrected chi connectivity index (χ0v) is 12.9. The Balaban J connectivity index is 1.37. The van der Waals surface area contributed by atoms with Crippen LogP contribution in [0.2, 0.25) is 0 Å². The van der Waals surface area contributed by atoms with Crippen LogP contribution < -0.4 is 4.90 Å². The Morgan fingerprint density at radius 1 is 1.18 bits per heavy atom. The minimum atomic E-state index is -0.162. The van der Waals surface area contributed by atoms with Crippen molar-refractivity contribution in [2.24, 2.45) is 0 Å². The van der Waals surface area contributed by atoms with Gasteiger partial charge in [-0.1, -0.05) is 12.8 Å². The van der Waals surface area contributed by atoms with Crippen molar-refractivity contribution < 1.29 is 9.90 Å². The van der Waals surface area contributed by atoms with Crippen molar-refractivity contribution in [3.8, 4) is 0 Å². The molecular weight excluding hydrogens is 280 g/mol. The number of anilines is 1. The molecule has 0 spiro atoms. The standard InChI is InChI=1S/C16H24N4O2/c21-15-5-2-1-4-14(15)18-9-13(10-18)20-11-12(8-17-20)19-7-3-6-16(19)22/h8,11,13-15,21H,1-7,9-10H2. The molecule has 1 aliphatic carbocycles. The van der Waals surface area contributed by atoms with E-state index in [1.807, 2.05) is 15.8 Å². The first-order valence-corrected chi connectivity index (χ1v) is 8.49. The molecule has 0 bridgehead atoms. The molecule has 6 heteroatoms. The molecule has 3 fully saturated rings. The summed E-state index contributed by atoms with van der Waals surface area (Å²) in [7, 11) is 0. The van der Waals surface area contributed by atoms with Crippen LogP contribution in [0, 0.1) is 0 Å². The fraction of sp³-hybridized carbons (Fsp3) is 0.750. The number of amides is 1. The van der Waals surface area contributed by atoms with Crippen LogP contribution in [0.3, 0.4) is 0 Å². The van der Waals surface area contributed by atoms with E-state index in [1.54, 1.807) is 6.20 Å². The molecule has 1 aromatic heterocycles. The summed E-state index contributed by atoms with van der Waals surface area (Å²) in [6.45, 7) is 2.73. The van der Waals surface area contributed by atoms with Gasteiger partial charge in [0.05, 0.1) is 24.0 Å². The average molecular weight is 304 g/mol. The summed E-state index contributed by atoms with van der Waals surface area (Å²) in [4.78, 5) is 16.0. The first kappa shape index (κ1) is 14.2. The maximum absolute atomic E-state index is 11.8. The van der Waals surface area contributed by atoms with Crippen LogP contribution in [-0.2, 0) is 4.79 Å². The zero-order valence-electron chi connectivity index (χ0n) is 12.9. The first-order valence-electron chi connectivity index (χ1n) is 8.49. The van der Waals surface area contributed by atoms with Crippen molar-refractivity contribution in [1.82, 2.24) is 14.7 Å². The van der Waals surface area contributed by atoms with E-state index < -0.39 is 0 Å². The number of hydrogen-bond donors (Lipinski definition) is 1. The molecule has 6 nitrogen and oxygen atoms in total. The minimum Gasteiger partial charge on any atom is -0.391 e. The quantitative estimate of drug-likeness (QED) is 0.910. The van der Waals surface area contributed by atoms with Crippen LogP contribution in [-0.4, -0.2) is 57.5 Å². The average Bonchev–Trinajstić information content (AvgIpc) is 3.08. The molecular formula is C16H24N4O2. The Bertz CT molecular complexity index is 552. The minimum absolute atomic E-state index is 0.162. The number of aliphatic hydroxyl groups excluding tert-OH is 1. The number of nitrogens with zero attached hydrogens (tertiary/aromatic N) is 4. The second-order valence-electron chi connectivity index (χ2n) is 6.85. The third kappa shape index (κ3) is 2.44. The Labute approximate surface area is 130 Å². The SMILES string of the molecule is O=C1CCCN1c1cnn(C2CN(C3CCCCC3O)C2)c1. The summed E-state index contributed by atoms with van der Waals surface area (Å²) in [5.74, 6) is 0.208. The van der Waals surface area contributed by atoms with Gasteiger partial charge in [-0.25, -0.2) is 0 Å². The molecule has 1 amide bonds. The van der Waals surface area contributed by atoms with E-state index in [0.29, 0.717) is 18.5 Å². The normalized spacial score (nSPS) is 30.8. The van der Waals surface area contributed by atoms with E-state index >= 15 is 0 Å². The number of hydrogen-bond acceptors (Lipinski definition) is 4. The Hall–Kier alpha value is -1.40. The number of aliphatic hydroxyl groups is 1. The fourth-order valence-electron chi connectivity index (χ4n) is 4.03. The lowest BCUT2D eigenvalue weighted by atomic mass is 9.89. The molecule has 22 heavy (non-hydrogen) atoms. The Kier molecular flexibility index (Phi) is 3.66. The van der Waals surface area contributed by atoms with Crippen molar-refractivity contribution in [2.75, 3.05) is 24.5 Å². The van der Waals surface area contributed by atoms with Crippen LogP contribution in [0.25, 0.3) is 0 Å². The highest BCUT2D eigenvalue weighted by Crippen LogP contribution is 2.31. The van der Waals surface area contributed by atoms with Gasteiger partial charge in [0.15, 0.2) is 0 Å². The molecule has 2 aliphatic heterocycles. The van der Waals surface area contributed by atoms with E-state index in [4.69, 9.17) is 0 Å². The summed E-state index contributed by atoms with van der Waals surface area (Å²) in [6.07, 6.45) is 9.68. The number of carbonyl (C=O) groups is 1. The van der Waals surface area contributed by atoms with Crippen molar-refractivity contribution in [3.05, 3.63) is 12.4 Å². The van der Waals surface area contributed by atoms with E-state index in [2.05, 4.69) is 10.00 Å². The summed E-state index contributed by atoms with van der Waals surface area (Å²) < 4.78 is 1.99. The zero-order chi connectivity index (χ0) is 15.1. The van der Waals surface area contributed by atoms with E-state index in [9.17, 15) is 9.90 Å². The topological polar surface area (TPSA) is 61.6 Å². The van der Waals surface area contributed by atoms with Gasteiger partial charge in [0.25, 0.3) is 0 Å². The van der Waals surface area contributed by atoms with Gasteiger partial charge in [0.1, 0.15) is 0 Å². The molecule has 0 aromatic carbocycles. The number of aromatic nitrogens is 2. The van der Waals surface area contributed by atoms with Crippen LogP contribution in [0.1, 0.15) is 44.6 Å². The molecule has 2 atom stereocenters.